The highest BCUT2D eigenvalue weighted by molar-refractivity contribution is 7.48. The molecule has 0 aliphatic carbocycles. The van der Waals surface area contributed by atoms with Crippen molar-refractivity contribution in [1.82, 2.24) is 19.5 Å². The minimum absolute atomic E-state index is 0.0275. The van der Waals surface area contributed by atoms with E-state index >= 15 is 4.39 Å². The Labute approximate surface area is 173 Å². The fraction of sp³-hybridized carbons (Fsp3) is 0.706. The lowest BCUT2D eigenvalue weighted by atomic mass is 9.98. The number of alkyl halides is 1. The molecule has 0 radical (unpaired) electrons. The number of hydrogen-bond donors (Lipinski definition) is 2. The summed E-state index contributed by atoms with van der Waals surface area (Å²) >= 11 is 0. The molecule has 13 heteroatoms. The van der Waals surface area contributed by atoms with Crippen molar-refractivity contribution < 1.29 is 27.3 Å². The quantitative estimate of drug-likeness (QED) is 0.485. The van der Waals surface area contributed by atoms with E-state index in [1.807, 2.05) is 0 Å². The van der Waals surface area contributed by atoms with Gasteiger partial charge >= 0.3 is 7.82 Å². The monoisotopic (exact) mass is 444 g/mol. The summed E-state index contributed by atoms with van der Waals surface area (Å²) in [6.45, 7) is 5.73. The number of unbranched alkanes of at least 4 members (excludes halogenated alkanes) is 1. The van der Waals surface area contributed by atoms with Crippen molar-refractivity contribution in [2.24, 2.45) is 0 Å². The molecule has 2 aromatic rings. The molecule has 166 valence electrons. The van der Waals surface area contributed by atoms with Crippen LogP contribution in [0.3, 0.4) is 0 Å². The Bertz CT molecular complexity index is 972. The summed E-state index contributed by atoms with van der Waals surface area (Å²) in [5.74, 6) is 0.501. The molecule has 0 saturated carbocycles. The number of nitrogens with zero attached hydrogens (tertiary/aromatic N) is 4. The van der Waals surface area contributed by atoms with Crippen LogP contribution < -0.4 is 11.1 Å². The zero-order chi connectivity index (χ0) is 21.5. The first-order valence-electron chi connectivity index (χ1n) is 9.95. The highest BCUT2D eigenvalue weighted by Crippen LogP contribution is 2.59. The molecule has 30 heavy (non-hydrogen) atoms. The summed E-state index contributed by atoms with van der Waals surface area (Å²) in [6, 6.07) is 0. The van der Waals surface area contributed by atoms with Gasteiger partial charge in [-0.15, -0.1) is 0 Å². The molecule has 2 aliphatic rings. The number of anilines is 2. The van der Waals surface area contributed by atoms with Crippen molar-refractivity contribution >= 4 is 30.8 Å². The maximum absolute atomic E-state index is 15.9. The van der Waals surface area contributed by atoms with Crippen molar-refractivity contribution in [3.63, 3.8) is 0 Å². The number of aromatic nitrogens is 4. The third kappa shape index (κ3) is 3.67. The van der Waals surface area contributed by atoms with Gasteiger partial charge in [0.1, 0.15) is 12.2 Å². The summed E-state index contributed by atoms with van der Waals surface area (Å²) in [6.07, 6.45) is 0.316. The molecule has 2 aromatic heterocycles. The molecule has 5 atom stereocenters. The molecule has 0 spiro atoms. The summed E-state index contributed by atoms with van der Waals surface area (Å²) < 4.78 is 51.5. The second-order valence-corrected chi connectivity index (χ2v) is 9.02. The molecule has 4 rings (SSSR count). The maximum atomic E-state index is 15.9. The fourth-order valence-electron chi connectivity index (χ4n) is 3.68. The summed E-state index contributed by atoms with van der Waals surface area (Å²) in [7, 11) is -3.85. The van der Waals surface area contributed by atoms with Gasteiger partial charge in [0.15, 0.2) is 28.9 Å². The van der Waals surface area contributed by atoms with Gasteiger partial charge in [0, 0.05) is 6.54 Å². The number of ether oxygens (including phenoxy) is 1. The Morgan fingerprint density at radius 3 is 3.00 bits per heavy atom. The molecule has 11 nitrogen and oxygen atoms in total. The molecule has 0 aromatic carbocycles. The van der Waals surface area contributed by atoms with Crippen molar-refractivity contribution in [3.05, 3.63) is 6.33 Å². The predicted octanol–water partition coefficient (Wildman–Crippen LogP) is 2.81. The zero-order valence-electron chi connectivity index (χ0n) is 17.1. The highest BCUT2D eigenvalue weighted by Gasteiger charge is 2.61. The molecule has 2 aliphatic heterocycles. The van der Waals surface area contributed by atoms with Gasteiger partial charge < -0.3 is 15.8 Å². The van der Waals surface area contributed by atoms with E-state index in [9.17, 15) is 4.57 Å². The molecule has 0 amide bonds. The normalized spacial score (nSPS) is 33.7. The molecular weight excluding hydrogens is 418 g/mol. The molecule has 0 unspecified atom stereocenters. The Morgan fingerprint density at radius 1 is 1.47 bits per heavy atom. The second-order valence-electron chi connectivity index (χ2n) is 7.40. The van der Waals surface area contributed by atoms with Crippen LogP contribution in [0.1, 0.15) is 39.8 Å². The number of rotatable bonds is 7. The number of nitrogens with two attached hydrogens (primary N) is 1. The van der Waals surface area contributed by atoms with Crippen LogP contribution >= 0.6 is 7.82 Å². The van der Waals surface area contributed by atoms with Gasteiger partial charge in [-0.2, -0.15) is 9.97 Å². The van der Waals surface area contributed by atoms with Crippen LogP contribution in [0.15, 0.2) is 6.33 Å². The van der Waals surface area contributed by atoms with Crippen molar-refractivity contribution in [1.29, 1.82) is 0 Å². The van der Waals surface area contributed by atoms with Gasteiger partial charge in [-0.25, -0.2) is 13.9 Å². The zero-order valence-corrected chi connectivity index (χ0v) is 18.0. The average Bonchev–Trinajstić information content (AvgIpc) is 3.20. The first kappa shape index (κ1) is 21.4. The lowest BCUT2D eigenvalue weighted by molar-refractivity contribution is -0.0702. The van der Waals surface area contributed by atoms with Crippen LogP contribution in [0.5, 0.6) is 0 Å². The average molecular weight is 444 g/mol. The van der Waals surface area contributed by atoms with Gasteiger partial charge in [-0.05, 0) is 20.3 Å². The van der Waals surface area contributed by atoms with Gasteiger partial charge in [0.2, 0.25) is 5.95 Å². The fourth-order valence-corrected chi connectivity index (χ4v) is 5.14. The summed E-state index contributed by atoms with van der Waals surface area (Å²) in [5.41, 5.74) is 4.58. The van der Waals surface area contributed by atoms with Gasteiger partial charge in [-0.3, -0.25) is 18.1 Å². The standard InChI is InChI=1S/C17H26FN6O5P/c1-4-6-7-20-13-11-14(23-16(19)22-13)24(9-21-11)15-17(3,18)12-10(28-15)8-27-30(25,29-12)26-5-2/h9-10,12,15H,4-8H2,1-3H3,(H3,19,20,22,23)/t10-,12-,15-,17-,30+/m1/s1. The van der Waals surface area contributed by atoms with Crippen LogP contribution in [0.2, 0.25) is 0 Å². The molecule has 2 fully saturated rings. The topological polar surface area (TPSA) is 136 Å². The van der Waals surface area contributed by atoms with Gasteiger partial charge in [-0.1, -0.05) is 13.3 Å². The first-order valence-corrected chi connectivity index (χ1v) is 11.4. The lowest BCUT2D eigenvalue weighted by Gasteiger charge is -2.33. The number of halogens is 1. The molecule has 4 heterocycles. The van der Waals surface area contributed by atoms with Gasteiger partial charge in [0.05, 0.1) is 19.5 Å². The first-order chi connectivity index (χ1) is 14.3. The van der Waals surface area contributed by atoms with Crippen LogP contribution in [-0.2, 0) is 22.9 Å². The molecule has 2 saturated heterocycles. The van der Waals surface area contributed by atoms with E-state index in [0.717, 1.165) is 12.8 Å². The number of imidazole rings is 1. The number of nitrogen functional groups attached to an aromatic ring is 1. The highest BCUT2D eigenvalue weighted by atomic mass is 31.2. The third-order valence-electron chi connectivity index (χ3n) is 5.12. The van der Waals surface area contributed by atoms with Crippen molar-refractivity contribution in [2.75, 3.05) is 30.8 Å². The van der Waals surface area contributed by atoms with Crippen molar-refractivity contribution in [3.8, 4) is 0 Å². The molecule has 3 N–H and O–H groups in total. The van der Waals surface area contributed by atoms with Crippen molar-refractivity contribution in [2.45, 2.75) is 57.7 Å². The number of fused-ring (bicyclic) bond motifs is 2. The lowest BCUT2D eigenvalue weighted by Crippen LogP contribution is -2.44. The third-order valence-corrected chi connectivity index (χ3v) is 6.65. The van der Waals surface area contributed by atoms with Crippen LogP contribution in [0, 0.1) is 0 Å². The summed E-state index contributed by atoms with van der Waals surface area (Å²) in [5, 5.41) is 3.19. The smallest absolute Gasteiger partial charge is 0.368 e. The number of hydrogen-bond acceptors (Lipinski definition) is 10. The SMILES string of the molecule is CCCCNc1nc(N)nc2c1ncn2[C@@H]1O[C@@H]2CO[P@](=O)(OCC)O[C@H]2[C@@]1(C)F. The number of phosphoric ester groups is 1. The Morgan fingerprint density at radius 2 is 2.27 bits per heavy atom. The van der Waals surface area contributed by atoms with E-state index in [1.165, 1.54) is 17.8 Å². The van der Waals surface area contributed by atoms with Crippen LogP contribution in [0.25, 0.3) is 11.2 Å². The predicted molar refractivity (Wildman–Crippen MR) is 107 cm³/mol. The number of nitrogens with one attached hydrogen (secondary N) is 1. The number of phosphoric acid groups is 1. The van der Waals surface area contributed by atoms with E-state index in [4.69, 9.17) is 24.0 Å². The molecular formula is C17H26FN6O5P. The van der Waals surface area contributed by atoms with E-state index in [0.29, 0.717) is 23.5 Å². The minimum atomic E-state index is -3.85. The van der Waals surface area contributed by atoms with Crippen LogP contribution in [-0.4, -0.2) is 57.2 Å². The van der Waals surface area contributed by atoms with E-state index in [1.54, 1.807) is 6.92 Å². The van der Waals surface area contributed by atoms with Crippen LogP contribution in [0.4, 0.5) is 16.2 Å². The second kappa shape index (κ2) is 8.01. The van der Waals surface area contributed by atoms with Gasteiger partial charge in [0.25, 0.3) is 0 Å². The minimum Gasteiger partial charge on any atom is -0.368 e. The Hall–Kier alpha value is -1.85. The van der Waals surface area contributed by atoms with E-state index in [2.05, 4.69) is 27.2 Å². The largest absolute Gasteiger partial charge is 0.475 e. The molecule has 0 bridgehead atoms. The summed E-state index contributed by atoms with van der Waals surface area (Å²) in [4.78, 5) is 12.8. The Kier molecular flexibility index (Phi) is 5.71. The maximum Gasteiger partial charge on any atom is 0.475 e. The van der Waals surface area contributed by atoms with E-state index in [-0.39, 0.29) is 19.2 Å². The van der Waals surface area contributed by atoms with E-state index < -0.39 is 31.9 Å². The Balaban J connectivity index is 1.67.